The molecule has 0 bridgehead atoms. The molecule has 1 unspecified atom stereocenters. The largest absolute Gasteiger partial charge is 0.497 e. The smallest absolute Gasteiger partial charge is 0.257 e. The van der Waals surface area contributed by atoms with E-state index in [1.165, 1.54) is 0 Å². The summed E-state index contributed by atoms with van der Waals surface area (Å²) in [6, 6.07) is 19.7. The number of rotatable bonds is 6. The molecule has 3 aromatic rings. The van der Waals surface area contributed by atoms with Crippen molar-refractivity contribution in [2.75, 3.05) is 33.3 Å². The van der Waals surface area contributed by atoms with Crippen LogP contribution in [0.3, 0.4) is 0 Å². The number of nitriles is 1. The Morgan fingerprint density at radius 3 is 2.45 bits per heavy atom. The highest BCUT2D eigenvalue weighted by Gasteiger charge is 2.28. The predicted molar refractivity (Wildman–Crippen MR) is 117 cm³/mol. The molecule has 2 aromatic carbocycles. The number of carbonyl (C=O) groups excluding carboxylic acids is 1. The van der Waals surface area contributed by atoms with Crippen LogP contribution < -0.4 is 4.74 Å². The molecule has 0 aliphatic carbocycles. The SMILES string of the molecule is COc1ccc(C(C#N)N2CCN(C(=O)c3cnn(Cc4ccccc4)c3)CC2)cc1. The molecule has 0 saturated carbocycles. The summed E-state index contributed by atoms with van der Waals surface area (Å²) in [6.45, 7) is 3.09. The summed E-state index contributed by atoms with van der Waals surface area (Å²) >= 11 is 0. The molecule has 31 heavy (non-hydrogen) atoms. The van der Waals surface area contributed by atoms with E-state index < -0.39 is 0 Å². The molecule has 4 rings (SSSR count). The minimum absolute atomic E-state index is 0.0167. The normalized spacial score (nSPS) is 15.3. The Balaban J connectivity index is 1.36. The maximum Gasteiger partial charge on any atom is 0.257 e. The van der Waals surface area contributed by atoms with Gasteiger partial charge < -0.3 is 9.64 Å². The number of aromatic nitrogens is 2. The second-order valence-electron chi connectivity index (χ2n) is 7.55. The number of piperazine rings is 1. The van der Waals surface area contributed by atoms with E-state index in [1.54, 1.807) is 24.2 Å². The second kappa shape index (κ2) is 9.45. The minimum Gasteiger partial charge on any atom is -0.497 e. The third-order valence-corrected chi connectivity index (χ3v) is 5.59. The van der Waals surface area contributed by atoms with Gasteiger partial charge in [0.05, 0.1) is 31.5 Å². The highest BCUT2D eigenvalue weighted by molar-refractivity contribution is 5.93. The Hall–Kier alpha value is -3.63. The van der Waals surface area contributed by atoms with Crippen molar-refractivity contribution in [3.63, 3.8) is 0 Å². The topological polar surface area (TPSA) is 74.4 Å². The minimum atomic E-state index is -0.336. The molecule has 158 valence electrons. The molecule has 7 nitrogen and oxygen atoms in total. The van der Waals surface area contributed by atoms with Crippen molar-refractivity contribution >= 4 is 5.91 Å². The number of hydrogen-bond donors (Lipinski definition) is 0. The van der Waals surface area contributed by atoms with Crippen LogP contribution in [0.25, 0.3) is 0 Å². The van der Waals surface area contributed by atoms with Gasteiger partial charge in [-0.15, -0.1) is 0 Å². The van der Waals surface area contributed by atoms with Crippen LogP contribution in [0, 0.1) is 11.3 Å². The number of amides is 1. The van der Waals surface area contributed by atoms with E-state index >= 15 is 0 Å². The summed E-state index contributed by atoms with van der Waals surface area (Å²) in [7, 11) is 1.62. The maximum atomic E-state index is 12.9. The summed E-state index contributed by atoms with van der Waals surface area (Å²) in [5.41, 5.74) is 2.67. The molecule has 1 atom stereocenters. The van der Waals surface area contributed by atoms with Gasteiger partial charge in [-0.3, -0.25) is 14.4 Å². The molecular formula is C24H25N5O2. The quantitative estimate of drug-likeness (QED) is 0.619. The lowest BCUT2D eigenvalue weighted by atomic mass is 10.1. The van der Waals surface area contributed by atoms with Gasteiger partial charge in [-0.25, -0.2) is 0 Å². The number of hydrogen-bond acceptors (Lipinski definition) is 5. The number of ether oxygens (including phenoxy) is 1. The first-order valence-corrected chi connectivity index (χ1v) is 10.3. The molecule has 2 heterocycles. The molecule has 7 heteroatoms. The lowest BCUT2D eigenvalue weighted by Gasteiger charge is -2.36. The fourth-order valence-electron chi connectivity index (χ4n) is 3.85. The van der Waals surface area contributed by atoms with Crippen molar-refractivity contribution < 1.29 is 9.53 Å². The van der Waals surface area contributed by atoms with Gasteiger partial charge >= 0.3 is 0 Å². The first-order valence-electron chi connectivity index (χ1n) is 10.3. The molecule has 1 aromatic heterocycles. The summed E-state index contributed by atoms with van der Waals surface area (Å²) in [5, 5.41) is 14.1. The molecule has 1 aliphatic rings. The Kier molecular flexibility index (Phi) is 6.29. The van der Waals surface area contributed by atoms with Crippen molar-refractivity contribution in [3.05, 3.63) is 83.7 Å². The predicted octanol–water partition coefficient (Wildman–Crippen LogP) is 2.96. The second-order valence-corrected chi connectivity index (χ2v) is 7.55. The van der Waals surface area contributed by atoms with E-state index in [0.29, 0.717) is 38.3 Å². The number of benzene rings is 2. The Bertz CT molecular complexity index is 1050. The van der Waals surface area contributed by atoms with Crippen LogP contribution in [-0.4, -0.2) is 58.8 Å². The molecule has 0 spiro atoms. The van der Waals surface area contributed by atoms with Crippen LogP contribution in [0.5, 0.6) is 5.75 Å². The van der Waals surface area contributed by atoms with Gasteiger partial charge in [-0.2, -0.15) is 10.4 Å². The molecule has 0 radical (unpaired) electrons. The lowest BCUT2D eigenvalue weighted by molar-refractivity contribution is 0.0606. The van der Waals surface area contributed by atoms with Crippen LogP contribution >= 0.6 is 0 Å². The monoisotopic (exact) mass is 415 g/mol. The van der Waals surface area contributed by atoms with Gasteiger partial charge in [0.2, 0.25) is 0 Å². The average molecular weight is 415 g/mol. The van der Waals surface area contributed by atoms with E-state index in [9.17, 15) is 10.1 Å². The van der Waals surface area contributed by atoms with Gasteiger partial charge in [0.1, 0.15) is 11.8 Å². The number of nitrogens with zero attached hydrogens (tertiary/aromatic N) is 5. The molecule has 1 aliphatic heterocycles. The maximum absolute atomic E-state index is 12.9. The number of carbonyl (C=O) groups is 1. The summed E-state index contributed by atoms with van der Waals surface area (Å²) < 4.78 is 6.98. The Morgan fingerprint density at radius 1 is 1.10 bits per heavy atom. The Morgan fingerprint density at radius 2 is 1.81 bits per heavy atom. The van der Waals surface area contributed by atoms with E-state index in [0.717, 1.165) is 16.9 Å². The summed E-state index contributed by atoms with van der Waals surface area (Å²) in [6.07, 6.45) is 3.43. The van der Waals surface area contributed by atoms with Crippen LogP contribution in [0.2, 0.25) is 0 Å². The zero-order chi connectivity index (χ0) is 21.6. The zero-order valence-electron chi connectivity index (χ0n) is 17.5. The zero-order valence-corrected chi connectivity index (χ0v) is 17.5. The highest BCUT2D eigenvalue weighted by atomic mass is 16.5. The van der Waals surface area contributed by atoms with Crippen molar-refractivity contribution in [1.82, 2.24) is 19.6 Å². The fourth-order valence-corrected chi connectivity index (χ4v) is 3.85. The lowest BCUT2D eigenvalue weighted by Crippen LogP contribution is -2.49. The van der Waals surface area contributed by atoms with Crippen LogP contribution in [0.15, 0.2) is 67.0 Å². The third-order valence-electron chi connectivity index (χ3n) is 5.59. The van der Waals surface area contributed by atoms with Crippen molar-refractivity contribution in [2.45, 2.75) is 12.6 Å². The molecule has 1 amide bonds. The van der Waals surface area contributed by atoms with Crippen molar-refractivity contribution in [1.29, 1.82) is 5.26 Å². The highest BCUT2D eigenvalue weighted by Crippen LogP contribution is 2.24. The van der Waals surface area contributed by atoms with Crippen LogP contribution in [0.1, 0.15) is 27.5 Å². The van der Waals surface area contributed by atoms with Gasteiger partial charge in [0.15, 0.2) is 0 Å². The van der Waals surface area contributed by atoms with E-state index in [-0.39, 0.29) is 11.9 Å². The van der Waals surface area contributed by atoms with Crippen LogP contribution in [-0.2, 0) is 6.54 Å². The van der Waals surface area contributed by atoms with Crippen molar-refractivity contribution in [2.24, 2.45) is 0 Å². The van der Waals surface area contributed by atoms with E-state index in [2.05, 4.69) is 16.1 Å². The van der Waals surface area contributed by atoms with Gasteiger partial charge in [-0.1, -0.05) is 42.5 Å². The molecule has 1 saturated heterocycles. The third kappa shape index (κ3) is 4.76. The summed E-state index contributed by atoms with van der Waals surface area (Å²) in [4.78, 5) is 16.9. The standard InChI is InChI=1S/C24H25N5O2/c1-31-22-9-7-20(8-10-22)23(15-25)27-11-13-28(14-12-27)24(30)21-16-26-29(18-21)17-19-5-3-2-4-6-19/h2-10,16,18,23H,11-14,17H2,1H3. The summed E-state index contributed by atoms with van der Waals surface area (Å²) in [5.74, 6) is 0.751. The van der Waals surface area contributed by atoms with Crippen molar-refractivity contribution in [3.8, 4) is 11.8 Å². The first-order chi connectivity index (χ1) is 15.2. The van der Waals surface area contributed by atoms with E-state index in [1.807, 2.05) is 59.5 Å². The first kappa shape index (κ1) is 20.6. The van der Waals surface area contributed by atoms with Gasteiger partial charge in [-0.05, 0) is 23.3 Å². The van der Waals surface area contributed by atoms with Gasteiger partial charge in [0.25, 0.3) is 5.91 Å². The van der Waals surface area contributed by atoms with E-state index in [4.69, 9.17) is 4.74 Å². The Labute approximate surface area is 182 Å². The average Bonchev–Trinajstić information content (AvgIpc) is 3.29. The van der Waals surface area contributed by atoms with Crippen LogP contribution in [0.4, 0.5) is 0 Å². The number of methoxy groups -OCH3 is 1. The molecule has 1 fully saturated rings. The molecular weight excluding hydrogens is 390 g/mol. The molecule has 0 N–H and O–H groups in total. The fraction of sp³-hybridized carbons (Fsp3) is 0.292. The van der Waals surface area contributed by atoms with Gasteiger partial charge in [0, 0.05) is 32.4 Å².